The van der Waals surface area contributed by atoms with E-state index in [9.17, 15) is 0 Å². The highest BCUT2D eigenvalue weighted by Crippen LogP contribution is 2.24. The lowest BCUT2D eigenvalue weighted by atomic mass is 10.2. The summed E-state index contributed by atoms with van der Waals surface area (Å²) in [5, 5.41) is 5.63. The van der Waals surface area contributed by atoms with Crippen LogP contribution in [0.2, 0.25) is 5.02 Å². The fourth-order valence-electron chi connectivity index (χ4n) is 3.65. The highest BCUT2D eigenvalue weighted by Gasteiger charge is 2.19. The van der Waals surface area contributed by atoms with E-state index in [0.717, 1.165) is 49.8 Å². The zero-order valence-corrected chi connectivity index (χ0v) is 18.5. The number of aromatic nitrogens is 3. The van der Waals surface area contributed by atoms with Gasteiger partial charge in [0.15, 0.2) is 5.82 Å². The molecule has 0 radical (unpaired) electrons. The summed E-state index contributed by atoms with van der Waals surface area (Å²) in [4.78, 5) is 4.89. The van der Waals surface area contributed by atoms with Crippen LogP contribution in [0.25, 0.3) is 17.1 Å². The number of benzene rings is 2. The lowest BCUT2D eigenvalue weighted by Gasteiger charge is -2.33. The van der Waals surface area contributed by atoms with Crippen molar-refractivity contribution in [2.75, 3.05) is 32.7 Å². The number of likely N-dealkylation sites (N-methyl/N-ethyl adjacent to an activating group) is 1. The molecule has 7 heteroatoms. The molecule has 0 aliphatic carbocycles. The standard InChI is InChI=1S/C22H26ClN5S/c1-3-25-12-14-26(15-13-25)16-27-22(29)28(20-10-4-17(2)5-11-20)21(24-27)18-6-8-19(23)9-7-18/h4-11H,3,12-16H2,1-2H3. The van der Waals surface area contributed by atoms with Crippen molar-refractivity contribution >= 4 is 23.8 Å². The average molecular weight is 428 g/mol. The molecule has 0 N–H and O–H groups in total. The number of aryl methyl sites for hydroxylation is 1. The van der Waals surface area contributed by atoms with Crippen molar-refractivity contribution in [3.05, 3.63) is 63.9 Å². The van der Waals surface area contributed by atoms with Crippen molar-refractivity contribution in [1.82, 2.24) is 24.1 Å². The van der Waals surface area contributed by atoms with Crippen molar-refractivity contribution in [3.8, 4) is 17.1 Å². The van der Waals surface area contributed by atoms with Crippen LogP contribution in [0.15, 0.2) is 48.5 Å². The maximum Gasteiger partial charge on any atom is 0.204 e. The summed E-state index contributed by atoms with van der Waals surface area (Å²) in [6, 6.07) is 16.2. The van der Waals surface area contributed by atoms with E-state index in [-0.39, 0.29) is 0 Å². The molecule has 0 atom stereocenters. The summed E-state index contributed by atoms with van der Waals surface area (Å²) in [5.41, 5.74) is 3.23. The zero-order valence-electron chi connectivity index (χ0n) is 16.9. The number of hydrogen-bond acceptors (Lipinski definition) is 4. The Hall–Kier alpha value is -1.99. The van der Waals surface area contributed by atoms with Gasteiger partial charge in [-0.05, 0) is 62.1 Å². The lowest BCUT2D eigenvalue weighted by Crippen LogP contribution is -2.46. The number of halogens is 1. The van der Waals surface area contributed by atoms with Crippen molar-refractivity contribution in [3.63, 3.8) is 0 Å². The van der Waals surface area contributed by atoms with Gasteiger partial charge >= 0.3 is 0 Å². The maximum atomic E-state index is 6.10. The Kier molecular flexibility index (Phi) is 6.15. The summed E-state index contributed by atoms with van der Waals surface area (Å²) in [5.74, 6) is 0.836. The maximum absolute atomic E-state index is 6.10. The first kappa shape index (κ1) is 20.3. The number of piperazine rings is 1. The minimum Gasteiger partial charge on any atom is -0.301 e. The van der Waals surface area contributed by atoms with E-state index in [2.05, 4.69) is 52.5 Å². The molecule has 0 saturated carbocycles. The van der Waals surface area contributed by atoms with Crippen LogP contribution in [0.1, 0.15) is 12.5 Å². The lowest BCUT2D eigenvalue weighted by molar-refractivity contribution is 0.106. The van der Waals surface area contributed by atoms with Crippen LogP contribution in [-0.4, -0.2) is 56.9 Å². The van der Waals surface area contributed by atoms with Gasteiger partial charge in [0.25, 0.3) is 0 Å². The summed E-state index contributed by atoms with van der Waals surface area (Å²) in [6.45, 7) is 10.4. The van der Waals surface area contributed by atoms with Crippen molar-refractivity contribution < 1.29 is 0 Å². The van der Waals surface area contributed by atoms with Crippen LogP contribution >= 0.6 is 23.8 Å². The first-order valence-electron chi connectivity index (χ1n) is 10.0. The fraction of sp³-hybridized carbons (Fsp3) is 0.364. The number of nitrogens with zero attached hydrogens (tertiary/aromatic N) is 5. The van der Waals surface area contributed by atoms with Crippen molar-refractivity contribution in [2.24, 2.45) is 0 Å². The molecular formula is C22H26ClN5S. The van der Waals surface area contributed by atoms with Crippen molar-refractivity contribution in [2.45, 2.75) is 20.5 Å². The third-order valence-electron chi connectivity index (χ3n) is 5.48. The van der Waals surface area contributed by atoms with E-state index in [4.69, 9.17) is 28.9 Å². The zero-order chi connectivity index (χ0) is 20.4. The van der Waals surface area contributed by atoms with Crippen LogP contribution < -0.4 is 0 Å². The molecule has 1 fully saturated rings. The minimum atomic E-state index is 0.704. The molecule has 4 rings (SSSR count). The van der Waals surface area contributed by atoms with E-state index in [1.54, 1.807) is 0 Å². The summed E-state index contributed by atoms with van der Waals surface area (Å²) in [7, 11) is 0. The van der Waals surface area contributed by atoms with Crippen LogP contribution in [0.4, 0.5) is 0 Å². The second-order valence-corrected chi connectivity index (χ2v) is 8.28. The molecule has 5 nitrogen and oxygen atoms in total. The van der Waals surface area contributed by atoms with Gasteiger partial charge in [-0.15, -0.1) is 5.10 Å². The average Bonchev–Trinajstić information content (AvgIpc) is 3.06. The first-order chi connectivity index (χ1) is 14.0. The number of rotatable bonds is 5. The van der Waals surface area contributed by atoms with Gasteiger partial charge in [-0.1, -0.05) is 36.2 Å². The highest BCUT2D eigenvalue weighted by molar-refractivity contribution is 7.71. The van der Waals surface area contributed by atoms with Gasteiger partial charge in [0.1, 0.15) is 0 Å². The normalized spacial score (nSPS) is 15.7. The summed E-state index contributed by atoms with van der Waals surface area (Å²) < 4.78 is 4.71. The first-order valence-corrected chi connectivity index (χ1v) is 10.8. The Morgan fingerprint density at radius 2 is 1.55 bits per heavy atom. The topological polar surface area (TPSA) is 29.2 Å². The second-order valence-electron chi connectivity index (χ2n) is 7.48. The Labute approximate surface area is 182 Å². The summed E-state index contributed by atoms with van der Waals surface area (Å²) in [6.07, 6.45) is 0. The molecular weight excluding hydrogens is 402 g/mol. The molecule has 0 spiro atoms. The van der Waals surface area contributed by atoms with Crippen LogP contribution in [0, 0.1) is 11.7 Å². The Morgan fingerprint density at radius 3 is 2.17 bits per heavy atom. The van der Waals surface area contributed by atoms with Gasteiger partial charge in [-0.25, -0.2) is 4.68 Å². The third-order valence-corrected chi connectivity index (χ3v) is 6.13. The minimum absolute atomic E-state index is 0.704. The molecule has 29 heavy (non-hydrogen) atoms. The van der Waals surface area contributed by atoms with Crippen molar-refractivity contribution in [1.29, 1.82) is 0 Å². The van der Waals surface area contributed by atoms with Gasteiger partial charge in [0.2, 0.25) is 4.77 Å². The molecule has 1 aromatic heterocycles. The molecule has 152 valence electrons. The molecule has 3 aromatic rings. The second kappa shape index (κ2) is 8.79. The smallest absolute Gasteiger partial charge is 0.204 e. The largest absolute Gasteiger partial charge is 0.301 e. The van der Waals surface area contributed by atoms with Crippen LogP contribution in [-0.2, 0) is 6.67 Å². The molecule has 0 unspecified atom stereocenters. The van der Waals surface area contributed by atoms with E-state index in [0.29, 0.717) is 16.5 Å². The monoisotopic (exact) mass is 427 g/mol. The summed E-state index contributed by atoms with van der Waals surface area (Å²) >= 11 is 12.0. The molecule has 1 aliphatic heterocycles. The third kappa shape index (κ3) is 4.46. The van der Waals surface area contributed by atoms with E-state index in [1.165, 1.54) is 5.56 Å². The highest BCUT2D eigenvalue weighted by atomic mass is 35.5. The molecule has 0 amide bonds. The predicted molar refractivity (Wildman–Crippen MR) is 121 cm³/mol. The molecule has 0 bridgehead atoms. The molecule has 2 aromatic carbocycles. The fourth-order valence-corrected chi connectivity index (χ4v) is 4.07. The van der Waals surface area contributed by atoms with Gasteiger partial charge in [-0.2, -0.15) is 0 Å². The number of hydrogen-bond donors (Lipinski definition) is 0. The van der Waals surface area contributed by atoms with E-state index >= 15 is 0 Å². The van der Waals surface area contributed by atoms with E-state index in [1.807, 2.05) is 28.9 Å². The molecule has 1 saturated heterocycles. The SMILES string of the molecule is CCN1CCN(Cn2nc(-c3ccc(Cl)cc3)n(-c3ccc(C)cc3)c2=S)CC1. The molecule has 2 heterocycles. The van der Waals surface area contributed by atoms with Gasteiger partial charge in [-0.3, -0.25) is 9.47 Å². The van der Waals surface area contributed by atoms with Gasteiger partial charge in [0, 0.05) is 42.5 Å². The van der Waals surface area contributed by atoms with Gasteiger partial charge in [0.05, 0.1) is 6.67 Å². The van der Waals surface area contributed by atoms with Crippen LogP contribution in [0.5, 0.6) is 0 Å². The van der Waals surface area contributed by atoms with Crippen LogP contribution in [0.3, 0.4) is 0 Å². The Balaban J connectivity index is 1.71. The van der Waals surface area contributed by atoms with E-state index < -0.39 is 0 Å². The predicted octanol–water partition coefficient (Wildman–Crippen LogP) is 4.63. The quantitative estimate of drug-likeness (QED) is 0.555. The Morgan fingerprint density at radius 1 is 0.931 bits per heavy atom. The molecule has 1 aliphatic rings. The Bertz CT molecular complexity index is 1010. The van der Waals surface area contributed by atoms with Gasteiger partial charge < -0.3 is 4.90 Å².